The highest BCUT2D eigenvalue weighted by molar-refractivity contribution is 7.91. The van der Waals surface area contributed by atoms with Gasteiger partial charge in [-0.1, -0.05) is 31.5 Å². The van der Waals surface area contributed by atoms with E-state index in [1.165, 1.54) is 0 Å². The van der Waals surface area contributed by atoms with E-state index >= 15 is 0 Å². The van der Waals surface area contributed by atoms with Gasteiger partial charge in [-0.05, 0) is 30.4 Å². The van der Waals surface area contributed by atoms with Crippen molar-refractivity contribution >= 4 is 9.84 Å². The first-order valence-electron chi connectivity index (χ1n) is 7.84. The Morgan fingerprint density at radius 3 is 2.81 bits per heavy atom. The molecule has 21 heavy (non-hydrogen) atoms. The van der Waals surface area contributed by atoms with Gasteiger partial charge in [0.25, 0.3) is 0 Å². The Hall–Kier alpha value is -0.910. The minimum atomic E-state index is -3.09. The van der Waals surface area contributed by atoms with Crippen LogP contribution in [0.25, 0.3) is 0 Å². The third-order valence-electron chi connectivity index (χ3n) is 5.06. The molecule has 0 radical (unpaired) electrons. The van der Waals surface area contributed by atoms with Crippen LogP contribution in [0.2, 0.25) is 0 Å². The van der Waals surface area contributed by atoms with Crippen LogP contribution in [0.15, 0.2) is 29.2 Å². The molecule has 3 atom stereocenters. The minimum Gasteiger partial charge on any atom is -0.327 e. The maximum Gasteiger partial charge on any atom is 0.178 e. The van der Waals surface area contributed by atoms with Crippen LogP contribution in [0, 0.1) is 5.92 Å². The van der Waals surface area contributed by atoms with E-state index in [1.54, 1.807) is 6.07 Å². The lowest BCUT2D eigenvalue weighted by atomic mass is 9.88. The Balaban J connectivity index is 1.90. The Bertz CT molecular complexity index is 614. The molecule has 4 nitrogen and oxygen atoms in total. The van der Waals surface area contributed by atoms with E-state index in [0.717, 1.165) is 31.5 Å². The van der Waals surface area contributed by atoms with E-state index < -0.39 is 9.84 Å². The Kier molecular flexibility index (Phi) is 4.08. The van der Waals surface area contributed by atoms with Crippen LogP contribution in [0.3, 0.4) is 0 Å². The van der Waals surface area contributed by atoms with Crippen molar-refractivity contribution < 1.29 is 8.42 Å². The second-order valence-electron chi connectivity index (χ2n) is 6.28. The first-order valence-corrected chi connectivity index (χ1v) is 9.49. The molecule has 116 valence electrons. The number of sulfone groups is 1. The van der Waals surface area contributed by atoms with Gasteiger partial charge >= 0.3 is 0 Å². The van der Waals surface area contributed by atoms with Crippen molar-refractivity contribution in [3.05, 3.63) is 29.8 Å². The van der Waals surface area contributed by atoms with Crippen molar-refractivity contribution in [3.63, 3.8) is 0 Å². The summed E-state index contributed by atoms with van der Waals surface area (Å²) >= 11 is 0. The van der Waals surface area contributed by atoms with Gasteiger partial charge in [0.2, 0.25) is 0 Å². The third-order valence-corrected chi connectivity index (χ3v) is 6.88. The highest BCUT2D eigenvalue weighted by Gasteiger charge is 2.36. The highest BCUT2D eigenvalue weighted by atomic mass is 32.2. The fourth-order valence-electron chi connectivity index (χ4n) is 3.74. The molecule has 0 bridgehead atoms. The lowest BCUT2D eigenvalue weighted by Crippen LogP contribution is -2.48. The molecule has 0 spiro atoms. The molecule has 0 aliphatic carbocycles. The van der Waals surface area contributed by atoms with E-state index in [9.17, 15) is 8.42 Å². The normalized spacial score (nSPS) is 32.6. The van der Waals surface area contributed by atoms with Gasteiger partial charge in [0.05, 0.1) is 10.6 Å². The molecule has 1 saturated heterocycles. The van der Waals surface area contributed by atoms with Crippen molar-refractivity contribution in [2.24, 2.45) is 11.7 Å². The topological polar surface area (TPSA) is 63.4 Å². The molecule has 3 rings (SSSR count). The molecule has 2 aliphatic rings. The van der Waals surface area contributed by atoms with Crippen LogP contribution in [-0.4, -0.2) is 38.2 Å². The smallest absolute Gasteiger partial charge is 0.178 e. The van der Waals surface area contributed by atoms with Crippen molar-refractivity contribution in [2.75, 3.05) is 18.8 Å². The quantitative estimate of drug-likeness (QED) is 0.907. The maximum absolute atomic E-state index is 12.2. The van der Waals surface area contributed by atoms with Crippen molar-refractivity contribution in [1.29, 1.82) is 0 Å². The van der Waals surface area contributed by atoms with Crippen LogP contribution < -0.4 is 5.73 Å². The van der Waals surface area contributed by atoms with Gasteiger partial charge in [-0.2, -0.15) is 0 Å². The third kappa shape index (κ3) is 2.74. The maximum atomic E-state index is 12.2. The second-order valence-corrected chi connectivity index (χ2v) is 8.35. The Morgan fingerprint density at radius 2 is 2.05 bits per heavy atom. The zero-order valence-corrected chi connectivity index (χ0v) is 13.3. The molecule has 3 unspecified atom stereocenters. The molecule has 0 aromatic heterocycles. The van der Waals surface area contributed by atoms with Gasteiger partial charge in [0.1, 0.15) is 0 Å². The number of hydrogen-bond acceptors (Lipinski definition) is 4. The molecule has 1 aromatic rings. The molecule has 1 fully saturated rings. The predicted molar refractivity (Wildman–Crippen MR) is 83.8 cm³/mol. The standard InChI is InChI=1S/C16H24N2O2S/c1-2-12-11-18(9-7-14(12)17)15-8-10-21(19,20)16-6-4-3-5-13(15)16/h3-6,12,14-15H,2,7-11,17H2,1H3. The molecule has 0 amide bonds. The van der Waals surface area contributed by atoms with Gasteiger partial charge < -0.3 is 5.73 Å². The summed E-state index contributed by atoms with van der Waals surface area (Å²) in [7, 11) is -3.09. The molecule has 5 heteroatoms. The predicted octanol–water partition coefficient (Wildman–Crippen LogP) is 1.96. The number of nitrogens with two attached hydrogens (primary N) is 1. The van der Waals surface area contributed by atoms with Crippen molar-refractivity contribution in [3.8, 4) is 0 Å². The highest BCUT2D eigenvalue weighted by Crippen LogP contribution is 2.37. The molecular weight excluding hydrogens is 284 g/mol. The summed E-state index contributed by atoms with van der Waals surface area (Å²) in [5.74, 6) is 0.776. The fraction of sp³-hybridized carbons (Fsp3) is 0.625. The van der Waals surface area contributed by atoms with Gasteiger partial charge in [0.15, 0.2) is 9.84 Å². The summed E-state index contributed by atoms with van der Waals surface area (Å²) in [6, 6.07) is 8.01. The van der Waals surface area contributed by atoms with E-state index in [1.807, 2.05) is 18.2 Å². The summed E-state index contributed by atoms with van der Waals surface area (Å²) in [5.41, 5.74) is 7.18. The van der Waals surface area contributed by atoms with E-state index in [-0.39, 0.29) is 17.8 Å². The average Bonchev–Trinajstić information content (AvgIpc) is 2.48. The van der Waals surface area contributed by atoms with Crippen LogP contribution in [-0.2, 0) is 9.84 Å². The van der Waals surface area contributed by atoms with Crippen molar-refractivity contribution in [2.45, 2.75) is 43.2 Å². The molecule has 0 saturated carbocycles. The molecular formula is C16H24N2O2S. The summed E-state index contributed by atoms with van der Waals surface area (Å²) in [5, 5.41) is 0. The summed E-state index contributed by atoms with van der Waals surface area (Å²) in [6.07, 6.45) is 2.79. The first kappa shape index (κ1) is 15.0. The Morgan fingerprint density at radius 1 is 1.29 bits per heavy atom. The minimum absolute atomic E-state index is 0.228. The summed E-state index contributed by atoms with van der Waals surface area (Å²) in [4.78, 5) is 2.98. The second kappa shape index (κ2) is 5.71. The monoisotopic (exact) mass is 308 g/mol. The zero-order chi connectivity index (χ0) is 15.0. The van der Waals surface area contributed by atoms with Gasteiger partial charge in [-0.25, -0.2) is 8.42 Å². The lowest BCUT2D eigenvalue weighted by Gasteiger charge is -2.42. The Labute approximate surface area is 127 Å². The first-order chi connectivity index (χ1) is 10.0. The van der Waals surface area contributed by atoms with Crippen LogP contribution >= 0.6 is 0 Å². The number of rotatable bonds is 2. The lowest BCUT2D eigenvalue weighted by molar-refractivity contribution is 0.101. The van der Waals surface area contributed by atoms with E-state index in [2.05, 4.69) is 11.8 Å². The number of nitrogens with zero attached hydrogens (tertiary/aromatic N) is 1. The number of benzene rings is 1. The number of hydrogen-bond donors (Lipinski definition) is 1. The summed E-state index contributed by atoms with van der Waals surface area (Å²) < 4.78 is 24.5. The van der Waals surface area contributed by atoms with E-state index in [0.29, 0.717) is 17.2 Å². The van der Waals surface area contributed by atoms with Crippen LogP contribution in [0.5, 0.6) is 0 Å². The number of likely N-dealkylation sites (tertiary alicyclic amines) is 1. The molecule has 2 heterocycles. The summed E-state index contributed by atoms with van der Waals surface area (Å²) in [6.45, 7) is 4.14. The van der Waals surface area contributed by atoms with Crippen LogP contribution in [0.4, 0.5) is 0 Å². The van der Waals surface area contributed by atoms with Gasteiger partial charge in [-0.15, -0.1) is 0 Å². The number of fused-ring (bicyclic) bond motifs is 1. The van der Waals surface area contributed by atoms with Gasteiger partial charge in [0, 0.05) is 25.2 Å². The molecule has 2 aliphatic heterocycles. The molecule has 1 aromatic carbocycles. The zero-order valence-electron chi connectivity index (χ0n) is 12.5. The van der Waals surface area contributed by atoms with E-state index in [4.69, 9.17) is 5.73 Å². The SMILES string of the molecule is CCC1CN(C2CCS(=O)(=O)c3ccccc32)CCC1N. The van der Waals surface area contributed by atoms with Crippen LogP contribution in [0.1, 0.15) is 37.8 Å². The average molecular weight is 308 g/mol. The fourth-order valence-corrected chi connectivity index (χ4v) is 5.35. The van der Waals surface area contributed by atoms with Gasteiger partial charge in [-0.3, -0.25) is 4.90 Å². The van der Waals surface area contributed by atoms with Crippen molar-refractivity contribution in [1.82, 2.24) is 4.90 Å². The molecule has 2 N–H and O–H groups in total. The number of piperidine rings is 1. The largest absolute Gasteiger partial charge is 0.327 e.